The Kier molecular flexibility index (Phi) is 5.08. The molecule has 0 saturated carbocycles. The van der Waals surface area contributed by atoms with Crippen LogP contribution in [0.25, 0.3) is 11.3 Å². The van der Waals surface area contributed by atoms with Gasteiger partial charge in [0.1, 0.15) is 5.76 Å². The SMILES string of the molecule is O=C(NC[C@H](CO)Cc1ccco1)c1cc(-c2ccccc2)on1. The van der Waals surface area contributed by atoms with Crippen LogP contribution in [0, 0.1) is 5.92 Å². The Labute approximate surface area is 139 Å². The van der Waals surface area contributed by atoms with Crippen LogP contribution in [0.1, 0.15) is 16.2 Å². The van der Waals surface area contributed by atoms with Gasteiger partial charge >= 0.3 is 0 Å². The van der Waals surface area contributed by atoms with Crippen molar-refractivity contribution in [2.45, 2.75) is 6.42 Å². The minimum Gasteiger partial charge on any atom is -0.469 e. The second-order valence-corrected chi connectivity index (χ2v) is 5.48. The van der Waals surface area contributed by atoms with Crippen molar-refractivity contribution in [3.63, 3.8) is 0 Å². The van der Waals surface area contributed by atoms with Crippen molar-refractivity contribution in [3.05, 3.63) is 66.2 Å². The first-order chi connectivity index (χ1) is 11.8. The number of carbonyl (C=O) groups excluding carboxylic acids is 1. The fraction of sp³-hybridized carbons (Fsp3) is 0.222. The van der Waals surface area contributed by atoms with Gasteiger partial charge in [-0.05, 0) is 12.1 Å². The third-order valence-corrected chi connectivity index (χ3v) is 3.68. The Morgan fingerprint density at radius 1 is 1.21 bits per heavy atom. The molecule has 0 aliphatic heterocycles. The second kappa shape index (κ2) is 7.61. The van der Waals surface area contributed by atoms with Crippen LogP contribution in [0.5, 0.6) is 0 Å². The van der Waals surface area contributed by atoms with E-state index in [2.05, 4.69) is 10.5 Å². The third kappa shape index (κ3) is 3.91. The number of nitrogens with one attached hydrogen (secondary N) is 1. The number of aliphatic hydroxyl groups is 1. The van der Waals surface area contributed by atoms with E-state index in [0.717, 1.165) is 11.3 Å². The van der Waals surface area contributed by atoms with E-state index in [-0.39, 0.29) is 24.1 Å². The molecule has 2 aromatic heterocycles. The highest BCUT2D eigenvalue weighted by Gasteiger charge is 2.16. The summed E-state index contributed by atoms with van der Waals surface area (Å²) >= 11 is 0. The molecule has 0 bridgehead atoms. The van der Waals surface area contributed by atoms with Gasteiger partial charge in [0, 0.05) is 37.1 Å². The van der Waals surface area contributed by atoms with Gasteiger partial charge in [-0.1, -0.05) is 35.5 Å². The van der Waals surface area contributed by atoms with Gasteiger partial charge in [0.15, 0.2) is 11.5 Å². The second-order valence-electron chi connectivity index (χ2n) is 5.48. The highest BCUT2D eigenvalue weighted by molar-refractivity contribution is 5.93. The Bertz CT molecular complexity index is 765. The Hall–Kier alpha value is -2.86. The zero-order valence-corrected chi connectivity index (χ0v) is 13.0. The molecule has 0 radical (unpaired) electrons. The first-order valence-corrected chi connectivity index (χ1v) is 7.70. The normalized spacial score (nSPS) is 12.0. The summed E-state index contributed by atoms with van der Waals surface area (Å²) in [6.45, 7) is 0.276. The van der Waals surface area contributed by atoms with E-state index in [1.54, 1.807) is 18.4 Å². The van der Waals surface area contributed by atoms with Gasteiger partial charge in [0.2, 0.25) is 0 Å². The maximum absolute atomic E-state index is 12.2. The summed E-state index contributed by atoms with van der Waals surface area (Å²) in [6, 6.07) is 14.7. The molecule has 0 spiro atoms. The number of carbonyl (C=O) groups is 1. The van der Waals surface area contributed by atoms with Gasteiger partial charge in [-0.15, -0.1) is 0 Å². The lowest BCUT2D eigenvalue weighted by Crippen LogP contribution is -2.32. The number of aromatic nitrogens is 1. The molecule has 2 heterocycles. The number of amides is 1. The summed E-state index contributed by atoms with van der Waals surface area (Å²) in [7, 11) is 0. The van der Waals surface area contributed by atoms with E-state index in [1.807, 2.05) is 36.4 Å². The Balaban J connectivity index is 1.58. The van der Waals surface area contributed by atoms with Crippen LogP contribution in [-0.4, -0.2) is 29.3 Å². The fourth-order valence-electron chi connectivity index (χ4n) is 2.36. The van der Waals surface area contributed by atoms with Gasteiger partial charge in [0.05, 0.1) is 6.26 Å². The average molecular weight is 326 g/mol. The van der Waals surface area contributed by atoms with E-state index in [9.17, 15) is 9.90 Å². The largest absolute Gasteiger partial charge is 0.469 e. The molecule has 0 aliphatic carbocycles. The molecule has 1 amide bonds. The summed E-state index contributed by atoms with van der Waals surface area (Å²) in [4.78, 5) is 12.2. The van der Waals surface area contributed by atoms with Gasteiger partial charge in [0.25, 0.3) is 5.91 Å². The average Bonchev–Trinajstić information content (AvgIpc) is 3.31. The lowest BCUT2D eigenvalue weighted by atomic mass is 10.1. The Morgan fingerprint density at radius 2 is 2.04 bits per heavy atom. The van der Waals surface area contributed by atoms with Crippen LogP contribution in [0.15, 0.2) is 63.7 Å². The molecule has 0 fully saturated rings. The summed E-state index contributed by atoms with van der Waals surface area (Å²) in [5.41, 5.74) is 1.07. The highest BCUT2D eigenvalue weighted by atomic mass is 16.5. The van der Waals surface area contributed by atoms with Gasteiger partial charge < -0.3 is 19.4 Å². The fourth-order valence-corrected chi connectivity index (χ4v) is 2.36. The predicted octanol–water partition coefficient (Wildman–Crippen LogP) is 2.52. The van der Waals surface area contributed by atoms with E-state index < -0.39 is 0 Å². The Morgan fingerprint density at radius 3 is 2.75 bits per heavy atom. The van der Waals surface area contributed by atoms with Crippen LogP contribution in [-0.2, 0) is 6.42 Å². The first kappa shape index (κ1) is 16.0. The molecule has 2 N–H and O–H groups in total. The number of hydrogen-bond acceptors (Lipinski definition) is 5. The number of nitrogens with zero attached hydrogens (tertiary/aromatic N) is 1. The summed E-state index contributed by atoms with van der Waals surface area (Å²) in [5, 5.41) is 16.0. The van der Waals surface area contributed by atoms with Crippen LogP contribution in [0.3, 0.4) is 0 Å². The molecule has 6 heteroatoms. The summed E-state index contributed by atoms with van der Waals surface area (Å²) in [6.07, 6.45) is 2.14. The van der Waals surface area contributed by atoms with E-state index in [4.69, 9.17) is 8.94 Å². The minimum atomic E-state index is -0.334. The number of hydrogen-bond donors (Lipinski definition) is 2. The quantitative estimate of drug-likeness (QED) is 0.696. The standard InChI is InChI=1S/C18H18N2O4/c21-12-13(9-15-7-4-8-23-15)11-19-18(22)16-10-17(24-20-16)14-5-2-1-3-6-14/h1-8,10,13,21H,9,11-12H2,(H,19,22)/t13-/m1/s1. The van der Waals surface area contributed by atoms with Crippen molar-refractivity contribution in [3.8, 4) is 11.3 Å². The number of rotatable bonds is 7. The van der Waals surface area contributed by atoms with E-state index in [0.29, 0.717) is 18.7 Å². The van der Waals surface area contributed by atoms with Gasteiger partial charge in [-0.3, -0.25) is 4.79 Å². The minimum absolute atomic E-state index is 0.0466. The molecule has 1 aromatic carbocycles. The van der Waals surface area contributed by atoms with Crippen molar-refractivity contribution in [1.29, 1.82) is 0 Å². The number of furan rings is 1. The van der Waals surface area contributed by atoms with Crippen molar-refractivity contribution < 1.29 is 18.8 Å². The van der Waals surface area contributed by atoms with Gasteiger partial charge in [-0.25, -0.2) is 0 Å². The van der Waals surface area contributed by atoms with Crippen LogP contribution >= 0.6 is 0 Å². The van der Waals surface area contributed by atoms with Crippen LogP contribution in [0.4, 0.5) is 0 Å². The first-order valence-electron chi connectivity index (χ1n) is 7.70. The molecule has 3 aromatic rings. The van der Waals surface area contributed by atoms with Crippen molar-refractivity contribution in [1.82, 2.24) is 10.5 Å². The van der Waals surface area contributed by atoms with Crippen LogP contribution < -0.4 is 5.32 Å². The number of aliphatic hydroxyl groups excluding tert-OH is 1. The third-order valence-electron chi connectivity index (χ3n) is 3.68. The molecule has 1 atom stereocenters. The molecule has 124 valence electrons. The van der Waals surface area contributed by atoms with Crippen molar-refractivity contribution in [2.75, 3.05) is 13.2 Å². The molecular formula is C18H18N2O4. The molecular weight excluding hydrogens is 308 g/mol. The van der Waals surface area contributed by atoms with Crippen LogP contribution in [0.2, 0.25) is 0 Å². The summed E-state index contributed by atoms with van der Waals surface area (Å²) in [5.74, 6) is 0.852. The highest BCUT2D eigenvalue weighted by Crippen LogP contribution is 2.19. The maximum Gasteiger partial charge on any atom is 0.273 e. The monoisotopic (exact) mass is 326 g/mol. The van der Waals surface area contributed by atoms with E-state index in [1.165, 1.54) is 0 Å². The summed E-state index contributed by atoms with van der Waals surface area (Å²) < 4.78 is 10.5. The molecule has 6 nitrogen and oxygen atoms in total. The molecule has 3 rings (SSSR count). The topological polar surface area (TPSA) is 88.5 Å². The predicted molar refractivity (Wildman–Crippen MR) is 87.3 cm³/mol. The van der Waals surface area contributed by atoms with Crippen molar-refractivity contribution >= 4 is 5.91 Å². The maximum atomic E-state index is 12.2. The van der Waals surface area contributed by atoms with E-state index >= 15 is 0 Å². The molecule has 0 saturated heterocycles. The number of benzene rings is 1. The lowest BCUT2D eigenvalue weighted by Gasteiger charge is -2.12. The van der Waals surface area contributed by atoms with Crippen molar-refractivity contribution in [2.24, 2.45) is 5.92 Å². The molecule has 24 heavy (non-hydrogen) atoms. The zero-order valence-electron chi connectivity index (χ0n) is 13.0. The lowest BCUT2D eigenvalue weighted by molar-refractivity contribution is 0.0930. The zero-order chi connectivity index (χ0) is 16.8. The smallest absolute Gasteiger partial charge is 0.273 e. The van der Waals surface area contributed by atoms with Gasteiger partial charge in [-0.2, -0.15) is 0 Å². The molecule has 0 unspecified atom stereocenters. The molecule has 0 aliphatic rings.